The van der Waals surface area contributed by atoms with Crippen LogP contribution in [0, 0.1) is 0 Å². The van der Waals surface area contributed by atoms with Crippen LogP contribution in [0.5, 0.6) is 0 Å². The molecule has 16 heavy (non-hydrogen) atoms. The van der Waals surface area contributed by atoms with Crippen LogP contribution in [-0.2, 0) is 14.8 Å². The van der Waals surface area contributed by atoms with E-state index in [1.54, 1.807) is 7.11 Å². The average molecular weight is 248 g/mol. The molecule has 4 N–H and O–H groups in total. The summed E-state index contributed by atoms with van der Waals surface area (Å²) in [5.74, 6) is 0. The highest BCUT2D eigenvalue weighted by Gasteiger charge is 2.14. The first kappa shape index (κ1) is 13.1. The van der Waals surface area contributed by atoms with Gasteiger partial charge in [-0.05, 0) is 6.42 Å². The molecule has 1 unspecified atom stereocenters. The molecule has 0 amide bonds. The molecule has 0 radical (unpaired) electrons. The number of rotatable bonds is 7. The third kappa shape index (κ3) is 3.89. The highest BCUT2D eigenvalue weighted by molar-refractivity contribution is 7.89. The molecule has 92 valence electrons. The maximum atomic E-state index is 11.6. The van der Waals surface area contributed by atoms with Gasteiger partial charge in [-0.1, -0.05) is 0 Å². The van der Waals surface area contributed by atoms with Crippen molar-refractivity contribution >= 4 is 10.0 Å². The Morgan fingerprint density at radius 1 is 1.69 bits per heavy atom. The number of methoxy groups -OCH3 is 1. The third-order valence-corrected chi connectivity index (χ3v) is 3.34. The summed E-state index contributed by atoms with van der Waals surface area (Å²) in [5, 5.41) is 0.0489. The number of imidazole rings is 1. The molecule has 8 heteroatoms. The lowest BCUT2D eigenvalue weighted by molar-refractivity contribution is 0.177. The molecule has 0 spiro atoms. The van der Waals surface area contributed by atoms with Gasteiger partial charge in [0.2, 0.25) is 0 Å². The summed E-state index contributed by atoms with van der Waals surface area (Å²) in [6, 6.07) is -0.172. The summed E-state index contributed by atoms with van der Waals surface area (Å²) >= 11 is 0. The summed E-state index contributed by atoms with van der Waals surface area (Å²) in [7, 11) is -1.94. The number of sulfonamides is 1. The van der Waals surface area contributed by atoms with Gasteiger partial charge >= 0.3 is 0 Å². The first-order valence-corrected chi connectivity index (χ1v) is 6.27. The number of nitrogens with two attached hydrogens (primary N) is 1. The van der Waals surface area contributed by atoms with Crippen molar-refractivity contribution in [1.82, 2.24) is 14.7 Å². The lowest BCUT2D eigenvalue weighted by Gasteiger charge is -2.10. The minimum Gasteiger partial charge on any atom is -0.383 e. The fourth-order valence-electron chi connectivity index (χ4n) is 1.14. The molecular formula is C8H16N4O3S. The summed E-state index contributed by atoms with van der Waals surface area (Å²) in [5.41, 5.74) is 5.65. The minimum atomic E-state index is -3.49. The molecular weight excluding hydrogens is 232 g/mol. The predicted molar refractivity (Wildman–Crippen MR) is 58.2 cm³/mol. The van der Waals surface area contributed by atoms with Crippen LogP contribution in [0.1, 0.15) is 6.42 Å². The molecule has 7 nitrogen and oxygen atoms in total. The zero-order valence-electron chi connectivity index (χ0n) is 9.01. The van der Waals surface area contributed by atoms with Crippen LogP contribution in [0.3, 0.4) is 0 Å². The van der Waals surface area contributed by atoms with Gasteiger partial charge in [0, 0.05) is 19.7 Å². The second-order valence-electron chi connectivity index (χ2n) is 3.32. The molecule has 0 saturated carbocycles. The van der Waals surface area contributed by atoms with Crippen molar-refractivity contribution in [3.8, 4) is 0 Å². The smallest absolute Gasteiger partial charge is 0.257 e. The first-order chi connectivity index (χ1) is 7.56. The topological polar surface area (TPSA) is 110 Å². The molecule has 0 aliphatic carbocycles. The molecule has 0 aliphatic heterocycles. The Balaban J connectivity index is 2.38. The monoisotopic (exact) mass is 248 g/mol. The molecule has 0 bridgehead atoms. The number of hydrogen-bond donors (Lipinski definition) is 3. The van der Waals surface area contributed by atoms with Crippen molar-refractivity contribution in [2.45, 2.75) is 17.5 Å². The van der Waals surface area contributed by atoms with Crippen LogP contribution < -0.4 is 10.5 Å². The lowest BCUT2D eigenvalue weighted by atomic mass is 10.2. The van der Waals surface area contributed by atoms with Crippen LogP contribution in [-0.4, -0.2) is 44.7 Å². The second kappa shape index (κ2) is 5.94. The van der Waals surface area contributed by atoms with Crippen LogP contribution in [0.4, 0.5) is 0 Å². The fourth-order valence-corrected chi connectivity index (χ4v) is 2.09. The van der Waals surface area contributed by atoms with E-state index in [0.717, 1.165) is 0 Å². The van der Waals surface area contributed by atoms with Crippen LogP contribution in [0.15, 0.2) is 17.6 Å². The van der Waals surface area contributed by atoms with Gasteiger partial charge in [0.15, 0.2) is 5.03 Å². The third-order valence-electron chi connectivity index (χ3n) is 1.95. The summed E-state index contributed by atoms with van der Waals surface area (Å²) in [6.45, 7) is 0.678. The predicted octanol–water partition coefficient (Wildman–Crippen LogP) is -0.948. The number of aromatic amines is 1. The van der Waals surface area contributed by atoms with E-state index in [2.05, 4.69) is 14.7 Å². The van der Waals surface area contributed by atoms with Crippen LogP contribution in [0.25, 0.3) is 0 Å². The second-order valence-corrected chi connectivity index (χ2v) is 5.05. The minimum absolute atomic E-state index is 0.0489. The van der Waals surface area contributed by atoms with Crippen molar-refractivity contribution in [1.29, 1.82) is 0 Å². The number of nitrogens with one attached hydrogen (secondary N) is 2. The largest absolute Gasteiger partial charge is 0.383 e. The van der Waals surface area contributed by atoms with Gasteiger partial charge in [-0.25, -0.2) is 18.1 Å². The van der Waals surface area contributed by atoms with Crippen LogP contribution >= 0.6 is 0 Å². The molecule has 0 aliphatic rings. The van der Waals surface area contributed by atoms with Gasteiger partial charge in [-0.3, -0.25) is 0 Å². The van der Waals surface area contributed by atoms with Crippen LogP contribution in [0.2, 0.25) is 0 Å². The van der Waals surface area contributed by atoms with Crippen molar-refractivity contribution in [2.75, 3.05) is 20.3 Å². The lowest BCUT2D eigenvalue weighted by Crippen LogP contribution is -2.33. The number of aromatic nitrogens is 2. The van der Waals surface area contributed by atoms with E-state index >= 15 is 0 Å². The number of ether oxygens (including phenoxy) is 1. The van der Waals surface area contributed by atoms with Gasteiger partial charge in [0.05, 0.1) is 19.1 Å². The fraction of sp³-hybridized carbons (Fsp3) is 0.625. The normalized spacial score (nSPS) is 13.9. The average Bonchev–Trinajstić information content (AvgIpc) is 2.71. The molecule has 1 aromatic rings. The SMILES string of the molecule is COCC(N)CCNS(=O)(=O)c1cnc[nH]1. The Kier molecular flexibility index (Phi) is 4.87. The van der Waals surface area contributed by atoms with E-state index in [0.29, 0.717) is 13.0 Å². The van der Waals surface area contributed by atoms with E-state index in [4.69, 9.17) is 10.5 Å². The van der Waals surface area contributed by atoms with E-state index < -0.39 is 10.0 Å². The summed E-state index contributed by atoms with van der Waals surface area (Å²) < 4.78 is 30.4. The maximum Gasteiger partial charge on any atom is 0.257 e. The van der Waals surface area contributed by atoms with E-state index in [9.17, 15) is 8.42 Å². The quantitative estimate of drug-likeness (QED) is 0.576. The molecule has 1 rings (SSSR count). The molecule has 1 heterocycles. The zero-order chi connectivity index (χ0) is 12.0. The molecule has 0 saturated heterocycles. The van der Waals surface area contributed by atoms with Gasteiger partial charge in [-0.15, -0.1) is 0 Å². The number of hydrogen-bond acceptors (Lipinski definition) is 5. The number of nitrogens with zero attached hydrogens (tertiary/aromatic N) is 1. The molecule has 0 aromatic carbocycles. The molecule has 1 atom stereocenters. The Morgan fingerprint density at radius 2 is 2.44 bits per heavy atom. The standard InChI is InChI=1S/C8H16N4O3S/c1-15-5-7(9)2-3-12-16(13,14)8-4-10-6-11-8/h4,6-7,12H,2-3,5,9H2,1H3,(H,10,11). The Labute approximate surface area is 94.4 Å². The Hall–Kier alpha value is -0.960. The molecule has 0 fully saturated rings. The van der Waals surface area contributed by atoms with Crippen molar-refractivity contribution in [3.63, 3.8) is 0 Å². The van der Waals surface area contributed by atoms with Gasteiger partial charge in [0.1, 0.15) is 0 Å². The van der Waals surface area contributed by atoms with E-state index in [1.165, 1.54) is 12.5 Å². The summed E-state index contributed by atoms with van der Waals surface area (Å²) in [4.78, 5) is 6.16. The Bertz CT molecular complexity index is 389. The van der Waals surface area contributed by atoms with E-state index in [1.807, 2.05) is 0 Å². The van der Waals surface area contributed by atoms with E-state index in [-0.39, 0.29) is 17.6 Å². The zero-order valence-corrected chi connectivity index (χ0v) is 9.83. The van der Waals surface area contributed by atoms with Gasteiger partial charge < -0.3 is 15.5 Å². The maximum absolute atomic E-state index is 11.6. The van der Waals surface area contributed by atoms with Gasteiger partial charge in [-0.2, -0.15) is 0 Å². The van der Waals surface area contributed by atoms with Crippen molar-refractivity contribution < 1.29 is 13.2 Å². The Morgan fingerprint density at radius 3 is 3.00 bits per heavy atom. The van der Waals surface area contributed by atoms with Gasteiger partial charge in [0.25, 0.3) is 10.0 Å². The highest BCUT2D eigenvalue weighted by Crippen LogP contribution is 2.01. The first-order valence-electron chi connectivity index (χ1n) is 4.79. The highest BCUT2D eigenvalue weighted by atomic mass is 32.2. The number of H-pyrrole nitrogens is 1. The van der Waals surface area contributed by atoms with Crippen molar-refractivity contribution in [2.24, 2.45) is 5.73 Å². The summed E-state index contributed by atoms with van der Waals surface area (Å²) in [6.07, 6.45) is 3.07. The van der Waals surface area contributed by atoms with Crippen molar-refractivity contribution in [3.05, 3.63) is 12.5 Å². The molecule has 1 aromatic heterocycles.